The van der Waals surface area contributed by atoms with Gasteiger partial charge in [-0.3, -0.25) is 4.79 Å². The van der Waals surface area contributed by atoms with Crippen molar-refractivity contribution >= 4 is 5.97 Å². The highest BCUT2D eigenvalue weighted by Gasteiger charge is 1.97. The topological polar surface area (TPSA) is 64.3 Å². The van der Waals surface area contributed by atoms with Crippen LogP contribution in [0.3, 0.4) is 0 Å². The van der Waals surface area contributed by atoms with Gasteiger partial charge in [-0.15, -0.1) is 0 Å². The van der Waals surface area contributed by atoms with Crippen LogP contribution in [-0.2, 0) is 4.79 Å². The standard InChI is InChI=1S/C5H8N2O2/c1-7(4-6)3-2-5(8)9/h2-3H2,1H3,(H,8,9). The van der Waals surface area contributed by atoms with Crippen LogP contribution < -0.4 is 0 Å². The number of carboxylic acid groups (broad SMARTS) is 1. The molecule has 0 aliphatic carbocycles. The number of carbonyl (C=O) groups is 1. The van der Waals surface area contributed by atoms with Gasteiger partial charge in [0.05, 0.1) is 6.42 Å². The largest absolute Gasteiger partial charge is 0.481 e. The number of hydrogen-bond acceptors (Lipinski definition) is 3. The molecule has 50 valence electrons. The molecule has 0 spiro atoms. The Morgan fingerprint density at radius 3 is 2.78 bits per heavy atom. The molecular formula is C5H8N2O2. The lowest BCUT2D eigenvalue weighted by atomic mass is 10.4. The number of aliphatic carboxylic acids is 1. The van der Waals surface area contributed by atoms with Gasteiger partial charge in [0.25, 0.3) is 0 Å². The first-order chi connectivity index (χ1) is 4.16. The van der Waals surface area contributed by atoms with Crippen LogP contribution in [0.2, 0.25) is 0 Å². The molecule has 0 amide bonds. The number of nitrogens with zero attached hydrogens (tertiary/aromatic N) is 2. The fraction of sp³-hybridized carbons (Fsp3) is 0.600. The number of rotatable bonds is 3. The molecule has 0 aromatic rings. The molecule has 0 saturated heterocycles. The molecule has 1 N–H and O–H groups in total. The maximum Gasteiger partial charge on any atom is 0.305 e. The van der Waals surface area contributed by atoms with Crippen molar-refractivity contribution in [2.24, 2.45) is 0 Å². The van der Waals surface area contributed by atoms with Crippen molar-refractivity contribution in [2.45, 2.75) is 6.42 Å². The first-order valence-electron chi connectivity index (χ1n) is 2.49. The third-order valence-electron chi connectivity index (χ3n) is 0.832. The van der Waals surface area contributed by atoms with Crippen LogP contribution in [0.15, 0.2) is 0 Å². The molecule has 0 heterocycles. The maximum absolute atomic E-state index is 9.88. The average Bonchev–Trinajstić information content (AvgIpc) is 1.83. The Labute approximate surface area is 53.3 Å². The van der Waals surface area contributed by atoms with E-state index in [1.165, 1.54) is 4.90 Å². The lowest BCUT2D eigenvalue weighted by Crippen LogP contribution is -2.15. The van der Waals surface area contributed by atoms with Crippen molar-refractivity contribution in [1.29, 1.82) is 5.26 Å². The predicted octanol–water partition coefficient (Wildman–Crippen LogP) is -0.126. The molecule has 0 radical (unpaired) electrons. The summed E-state index contributed by atoms with van der Waals surface area (Å²) < 4.78 is 0. The average molecular weight is 128 g/mol. The first-order valence-corrected chi connectivity index (χ1v) is 2.49. The fourth-order valence-corrected chi connectivity index (χ4v) is 0.313. The number of nitriles is 1. The van der Waals surface area contributed by atoms with Crippen LogP contribution in [0.25, 0.3) is 0 Å². The van der Waals surface area contributed by atoms with Crippen LogP contribution in [0.1, 0.15) is 6.42 Å². The van der Waals surface area contributed by atoms with Crippen LogP contribution in [-0.4, -0.2) is 29.6 Å². The number of carboxylic acids is 1. The van der Waals surface area contributed by atoms with E-state index in [4.69, 9.17) is 10.4 Å². The Bertz CT molecular complexity index is 138. The van der Waals surface area contributed by atoms with E-state index in [-0.39, 0.29) is 13.0 Å². The van der Waals surface area contributed by atoms with Crippen molar-refractivity contribution in [2.75, 3.05) is 13.6 Å². The van der Waals surface area contributed by atoms with Gasteiger partial charge < -0.3 is 10.0 Å². The van der Waals surface area contributed by atoms with Gasteiger partial charge in [-0.25, -0.2) is 0 Å². The highest BCUT2D eigenvalue weighted by Crippen LogP contribution is 1.82. The Kier molecular flexibility index (Phi) is 3.21. The van der Waals surface area contributed by atoms with Gasteiger partial charge in [-0.2, -0.15) is 5.26 Å². The summed E-state index contributed by atoms with van der Waals surface area (Å²) in [4.78, 5) is 11.2. The molecule has 0 fully saturated rings. The van der Waals surface area contributed by atoms with Crippen molar-refractivity contribution in [3.05, 3.63) is 0 Å². The molecule has 0 aliphatic heterocycles. The molecule has 0 aliphatic rings. The van der Waals surface area contributed by atoms with Crippen LogP contribution in [0.5, 0.6) is 0 Å². The van der Waals surface area contributed by atoms with E-state index < -0.39 is 5.97 Å². The van der Waals surface area contributed by atoms with Crippen LogP contribution in [0.4, 0.5) is 0 Å². The van der Waals surface area contributed by atoms with E-state index in [0.29, 0.717) is 0 Å². The molecular weight excluding hydrogens is 120 g/mol. The smallest absolute Gasteiger partial charge is 0.305 e. The van der Waals surface area contributed by atoms with E-state index >= 15 is 0 Å². The van der Waals surface area contributed by atoms with Gasteiger partial charge in [-0.05, 0) is 0 Å². The second kappa shape index (κ2) is 3.72. The van der Waals surface area contributed by atoms with E-state index in [1.807, 2.05) is 0 Å². The molecule has 0 aromatic carbocycles. The van der Waals surface area contributed by atoms with Gasteiger partial charge in [0.2, 0.25) is 0 Å². The van der Waals surface area contributed by atoms with E-state index in [9.17, 15) is 4.79 Å². The van der Waals surface area contributed by atoms with Crippen molar-refractivity contribution < 1.29 is 9.90 Å². The minimum atomic E-state index is -0.878. The van der Waals surface area contributed by atoms with Crippen LogP contribution >= 0.6 is 0 Å². The Morgan fingerprint density at radius 1 is 1.89 bits per heavy atom. The van der Waals surface area contributed by atoms with Crippen molar-refractivity contribution in [3.63, 3.8) is 0 Å². The summed E-state index contributed by atoms with van der Waals surface area (Å²) in [6.45, 7) is 0.284. The lowest BCUT2D eigenvalue weighted by Gasteiger charge is -2.03. The van der Waals surface area contributed by atoms with Gasteiger partial charge in [0, 0.05) is 13.6 Å². The summed E-state index contributed by atoms with van der Waals surface area (Å²) in [6.07, 6.45) is 1.81. The molecule has 0 bridgehead atoms. The zero-order valence-corrected chi connectivity index (χ0v) is 5.16. The third kappa shape index (κ3) is 4.62. The highest BCUT2D eigenvalue weighted by molar-refractivity contribution is 5.66. The summed E-state index contributed by atoms with van der Waals surface area (Å²) in [5, 5.41) is 16.3. The van der Waals surface area contributed by atoms with Crippen molar-refractivity contribution in [3.8, 4) is 6.19 Å². The summed E-state index contributed by atoms with van der Waals surface area (Å²) in [6, 6.07) is 0. The zero-order valence-electron chi connectivity index (χ0n) is 5.16. The lowest BCUT2D eigenvalue weighted by molar-refractivity contribution is -0.137. The quantitative estimate of drug-likeness (QED) is 0.425. The molecule has 9 heavy (non-hydrogen) atoms. The normalized spacial score (nSPS) is 8.00. The fourth-order valence-electron chi connectivity index (χ4n) is 0.313. The molecule has 0 aromatic heterocycles. The molecule has 0 saturated carbocycles. The Balaban J connectivity index is 3.30. The Hall–Kier alpha value is -1.24. The second-order valence-corrected chi connectivity index (χ2v) is 1.67. The monoisotopic (exact) mass is 128 g/mol. The minimum Gasteiger partial charge on any atom is -0.481 e. The molecule has 0 unspecified atom stereocenters. The van der Waals surface area contributed by atoms with Gasteiger partial charge in [-0.1, -0.05) is 0 Å². The molecule has 4 nitrogen and oxygen atoms in total. The summed E-state index contributed by atoms with van der Waals surface area (Å²) >= 11 is 0. The minimum absolute atomic E-state index is 0.0179. The zero-order chi connectivity index (χ0) is 7.28. The van der Waals surface area contributed by atoms with Crippen LogP contribution in [0, 0.1) is 11.5 Å². The first kappa shape index (κ1) is 7.76. The van der Waals surface area contributed by atoms with Gasteiger partial charge >= 0.3 is 5.97 Å². The second-order valence-electron chi connectivity index (χ2n) is 1.67. The molecule has 0 atom stereocenters. The summed E-state index contributed by atoms with van der Waals surface area (Å²) in [5.74, 6) is -0.878. The highest BCUT2D eigenvalue weighted by atomic mass is 16.4. The van der Waals surface area contributed by atoms with E-state index in [0.717, 1.165) is 0 Å². The summed E-state index contributed by atoms with van der Waals surface area (Å²) in [5.41, 5.74) is 0. The maximum atomic E-state index is 9.88. The Morgan fingerprint density at radius 2 is 2.44 bits per heavy atom. The SMILES string of the molecule is CN(C#N)CCC(=O)O. The predicted molar refractivity (Wildman–Crippen MR) is 30.5 cm³/mol. The van der Waals surface area contributed by atoms with Gasteiger partial charge in [0.15, 0.2) is 6.19 Å². The van der Waals surface area contributed by atoms with E-state index in [1.54, 1.807) is 13.2 Å². The van der Waals surface area contributed by atoms with Crippen molar-refractivity contribution in [1.82, 2.24) is 4.90 Å². The summed E-state index contributed by atoms with van der Waals surface area (Å²) in [7, 11) is 1.54. The van der Waals surface area contributed by atoms with Gasteiger partial charge in [0.1, 0.15) is 0 Å². The molecule has 4 heteroatoms. The number of hydrogen-bond donors (Lipinski definition) is 1. The molecule has 0 rings (SSSR count). The third-order valence-corrected chi connectivity index (χ3v) is 0.832. The van der Waals surface area contributed by atoms with E-state index in [2.05, 4.69) is 0 Å².